The molecule has 20 heavy (non-hydrogen) atoms. The Morgan fingerprint density at radius 1 is 0.900 bits per heavy atom. The molecule has 0 N–H and O–H groups in total. The van der Waals surface area contributed by atoms with E-state index in [-0.39, 0.29) is 0 Å². The summed E-state index contributed by atoms with van der Waals surface area (Å²) in [6.45, 7) is 13.9. The lowest BCUT2D eigenvalue weighted by Gasteiger charge is -2.14. The van der Waals surface area contributed by atoms with E-state index in [1.54, 1.807) is 0 Å². The van der Waals surface area contributed by atoms with Crippen molar-refractivity contribution in [1.82, 2.24) is 0 Å². The molecule has 0 aromatic rings. The zero-order valence-corrected chi connectivity index (χ0v) is 16.1. The summed E-state index contributed by atoms with van der Waals surface area (Å²) in [6.07, 6.45) is 8.34. The Morgan fingerprint density at radius 3 is 1.95 bits per heavy atom. The fourth-order valence-corrected chi connectivity index (χ4v) is 3.21. The fraction of sp³-hybridized carbons (Fsp3) is 0.647. The van der Waals surface area contributed by atoms with Gasteiger partial charge >= 0.3 is 0 Å². The van der Waals surface area contributed by atoms with Gasteiger partial charge in [-0.05, 0) is 32.9 Å². The van der Waals surface area contributed by atoms with Crippen LogP contribution in [0.1, 0.15) is 32.6 Å². The second-order valence-corrected chi connectivity index (χ2v) is 14.8. The second kappa shape index (κ2) is 10.0. The van der Waals surface area contributed by atoms with Crippen LogP contribution in [0.3, 0.4) is 0 Å². The molecule has 0 rings (SSSR count). The highest BCUT2D eigenvalue weighted by Crippen LogP contribution is 2.04. The molecule has 0 spiro atoms. The zero-order chi connectivity index (χ0) is 15.5. The molecule has 0 aromatic heterocycles. The van der Waals surface area contributed by atoms with Gasteiger partial charge in [-0.3, -0.25) is 0 Å². The van der Waals surface area contributed by atoms with Gasteiger partial charge in [-0.1, -0.05) is 37.3 Å². The molecule has 3 heteroatoms. The van der Waals surface area contributed by atoms with Crippen molar-refractivity contribution in [1.29, 1.82) is 0 Å². The molecule has 0 aromatic carbocycles. The molecule has 112 valence electrons. The average molecular weight is 307 g/mol. The van der Waals surface area contributed by atoms with Gasteiger partial charge in [-0.2, -0.15) is 0 Å². The van der Waals surface area contributed by atoms with Crippen LogP contribution < -0.4 is 0 Å². The van der Waals surface area contributed by atoms with E-state index in [0.717, 1.165) is 25.7 Å². The molecule has 0 heterocycles. The fourth-order valence-electron chi connectivity index (χ4n) is 1.42. The zero-order valence-electron chi connectivity index (χ0n) is 14.1. The summed E-state index contributed by atoms with van der Waals surface area (Å²) in [6, 6.07) is 0. The molecule has 0 amide bonds. The van der Waals surface area contributed by atoms with E-state index in [2.05, 4.69) is 55.7 Å². The highest BCUT2D eigenvalue weighted by Gasteiger charge is 2.18. The van der Waals surface area contributed by atoms with Gasteiger partial charge < -0.3 is 4.43 Å². The van der Waals surface area contributed by atoms with Crippen LogP contribution in [-0.2, 0) is 4.43 Å². The standard InChI is InChI=1S/C17H30OSi2/c1-7-8-15-18-20(5,6)17-14-12-10-9-11-13-16-19(2,3)4/h7-8H,9-12,15H2,1-6H3. The Balaban J connectivity index is 3.84. The normalized spacial score (nSPS) is 11.7. The molecule has 1 nitrogen and oxygen atoms in total. The van der Waals surface area contributed by atoms with E-state index in [1.165, 1.54) is 0 Å². The third-order valence-electron chi connectivity index (χ3n) is 2.48. The van der Waals surface area contributed by atoms with Crippen LogP contribution in [0.25, 0.3) is 0 Å². The quantitative estimate of drug-likeness (QED) is 0.297. The summed E-state index contributed by atoms with van der Waals surface area (Å²) in [5.41, 5.74) is 6.74. The molecule has 0 radical (unpaired) electrons. The first kappa shape index (κ1) is 19.3. The first-order valence-electron chi connectivity index (χ1n) is 7.52. The minimum absolute atomic E-state index is 0.691. The molecule has 0 atom stereocenters. The lowest BCUT2D eigenvalue weighted by atomic mass is 10.2. The van der Waals surface area contributed by atoms with Crippen molar-refractivity contribution in [3.63, 3.8) is 0 Å². The third kappa shape index (κ3) is 13.7. The van der Waals surface area contributed by atoms with Crippen LogP contribution in [0, 0.1) is 22.9 Å². The smallest absolute Gasteiger partial charge is 0.266 e. The Kier molecular flexibility index (Phi) is 9.67. The van der Waals surface area contributed by atoms with E-state index in [0.29, 0.717) is 6.61 Å². The van der Waals surface area contributed by atoms with Crippen LogP contribution in [0.2, 0.25) is 32.7 Å². The van der Waals surface area contributed by atoms with E-state index >= 15 is 0 Å². The monoisotopic (exact) mass is 306 g/mol. The SMILES string of the molecule is CC=CCO[Si](C)(C)C#CCCCCC#C[Si](C)(C)C. The van der Waals surface area contributed by atoms with Gasteiger partial charge in [0.1, 0.15) is 8.07 Å². The van der Waals surface area contributed by atoms with Crippen LogP contribution in [0.5, 0.6) is 0 Å². The van der Waals surface area contributed by atoms with E-state index < -0.39 is 16.4 Å². The molecule has 0 saturated carbocycles. The van der Waals surface area contributed by atoms with E-state index in [4.69, 9.17) is 4.43 Å². The Morgan fingerprint density at radius 2 is 1.45 bits per heavy atom. The molecular formula is C17H30OSi2. The number of hydrogen-bond donors (Lipinski definition) is 0. The molecule has 0 aliphatic carbocycles. The lowest BCUT2D eigenvalue weighted by Crippen LogP contribution is -2.28. The van der Waals surface area contributed by atoms with Gasteiger partial charge in [0.15, 0.2) is 0 Å². The number of rotatable bonds is 6. The highest BCUT2D eigenvalue weighted by molar-refractivity contribution is 6.83. The molecule has 0 fully saturated rings. The average Bonchev–Trinajstić information content (AvgIpc) is 2.31. The van der Waals surface area contributed by atoms with Gasteiger partial charge in [0.25, 0.3) is 8.32 Å². The van der Waals surface area contributed by atoms with Crippen molar-refractivity contribution < 1.29 is 4.43 Å². The molecule has 0 aliphatic heterocycles. The number of hydrogen-bond acceptors (Lipinski definition) is 1. The second-order valence-electron chi connectivity index (χ2n) is 6.45. The van der Waals surface area contributed by atoms with Gasteiger partial charge in [0.05, 0.1) is 6.61 Å². The van der Waals surface area contributed by atoms with Crippen molar-refractivity contribution in [3.8, 4) is 22.9 Å². The summed E-state index contributed by atoms with van der Waals surface area (Å²) >= 11 is 0. The minimum Gasteiger partial charge on any atom is -0.402 e. The molecule has 0 saturated heterocycles. The number of allylic oxidation sites excluding steroid dienone is 1. The molecule has 0 bridgehead atoms. The first-order valence-corrected chi connectivity index (χ1v) is 13.9. The third-order valence-corrected chi connectivity index (χ3v) is 5.08. The predicted octanol–water partition coefficient (Wildman–Crippen LogP) is 4.77. The largest absolute Gasteiger partial charge is 0.402 e. The summed E-state index contributed by atoms with van der Waals surface area (Å²) < 4.78 is 5.81. The Hall–Kier alpha value is -0.746. The minimum atomic E-state index is -1.78. The molecule has 0 unspecified atom stereocenters. The predicted molar refractivity (Wildman–Crippen MR) is 95.6 cm³/mol. The topological polar surface area (TPSA) is 9.23 Å². The lowest BCUT2D eigenvalue weighted by molar-refractivity contribution is 0.363. The first-order chi connectivity index (χ1) is 9.27. The maximum absolute atomic E-state index is 5.81. The summed E-state index contributed by atoms with van der Waals surface area (Å²) in [7, 11) is -2.95. The maximum atomic E-state index is 5.81. The maximum Gasteiger partial charge on any atom is 0.266 e. The van der Waals surface area contributed by atoms with Crippen LogP contribution in [0.4, 0.5) is 0 Å². The number of unbranched alkanes of at least 4 members (excludes halogenated alkanes) is 3. The van der Waals surface area contributed by atoms with Gasteiger partial charge in [0.2, 0.25) is 0 Å². The van der Waals surface area contributed by atoms with E-state index in [9.17, 15) is 0 Å². The van der Waals surface area contributed by atoms with Gasteiger partial charge in [-0.15, -0.1) is 17.4 Å². The van der Waals surface area contributed by atoms with Crippen molar-refractivity contribution in [2.45, 2.75) is 65.3 Å². The molecule has 0 aliphatic rings. The van der Waals surface area contributed by atoms with Gasteiger partial charge in [-0.25, -0.2) is 0 Å². The summed E-state index contributed by atoms with van der Waals surface area (Å²) in [5.74, 6) is 6.59. The summed E-state index contributed by atoms with van der Waals surface area (Å²) in [4.78, 5) is 0. The van der Waals surface area contributed by atoms with Crippen molar-refractivity contribution in [3.05, 3.63) is 12.2 Å². The van der Waals surface area contributed by atoms with Gasteiger partial charge in [0, 0.05) is 12.8 Å². The highest BCUT2D eigenvalue weighted by atomic mass is 28.4. The Bertz CT molecular complexity index is 408. The van der Waals surface area contributed by atoms with E-state index in [1.807, 2.05) is 19.1 Å². The van der Waals surface area contributed by atoms with Crippen molar-refractivity contribution in [2.24, 2.45) is 0 Å². The molecular weight excluding hydrogens is 276 g/mol. The van der Waals surface area contributed by atoms with Crippen LogP contribution in [-0.4, -0.2) is 23.0 Å². The summed E-state index contributed by atoms with van der Waals surface area (Å²) in [5, 5.41) is 0. The van der Waals surface area contributed by atoms with Crippen molar-refractivity contribution >= 4 is 16.4 Å². The van der Waals surface area contributed by atoms with Crippen LogP contribution >= 0.6 is 0 Å². The Labute approximate surface area is 128 Å². The van der Waals surface area contributed by atoms with Crippen molar-refractivity contribution in [2.75, 3.05) is 6.61 Å². The van der Waals surface area contributed by atoms with Crippen LogP contribution in [0.15, 0.2) is 12.2 Å².